The average Bonchev–Trinajstić information content (AvgIpc) is 2.72. The molecule has 0 aliphatic carbocycles. The Bertz CT molecular complexity index is 848. The number of ether oxygens (including phenoxy) is 1. The minimum Gasteiger partial charge on any atom is -0.484 e. The molecular formula is C25H34N2O3. The number of hydrogen-bond acceptors (Lipinski definition) is 3. The summed E-state index contributed by atoms with van der Waals surface area (Å²) in [6.45, 7) is 10.8. The van der Waals surface area contributed by atoms with Crippen LogP contribution in [-0.2, 0) is 16.1 Å². The predicted molar refractivity (Wildman–Crippen MR) is 120 cm³/mol. The molecule has 5 nitrogen and oxygen atoms in total. The Morgan fingerprint density at radius 2 is 1.63 bits per heavy atom. The van der Waals surface area contributed by atoms with Crippen molar-refractivity contribution in [1.29, 1.82) is 0 Å². The Morgan fingerprint density at radius 1 is 1.00 bits per heavy atom. The second-order valence-electron chi connectivity index (χ2n) is 8.07. The number of carbonyl (C=O) groups is 2. The molecule has 0 spiro atoms. The first-order valence-electron chi connectivity index (χ1n) is 10.6. The normalized spacial score (nSPS) is 11.8. The van der Waals surface area contributed by atoms with Crippen molar-refractivity contribution in [2.24, 2.45) is 5.92 Å². The minimum absolute atomic E-state index is 0.106. The zero-order valence-electron chi connectivity index (χ0n) is 18.8. The molecule has 162 valence electrons. The lowest BCUT2D eigenvalue weighted by molar-refractivity contribution is -0.143. The van der Waals surface area contributed by atoms with Crippen molar-refractivity contribution in [2.45, 2.75) is 53.6 Å². The molecule has 0 saturated carbocycles. The van der Waals surface area contributed by atoms with E-state index >= 15 is 0 Å². The maximum Gasteiger partial charge on any atom is 0.261 e. The highest BCUT2D eigenvalue weighted by Gasteiger charge is 2.29. The summed E-state index contributed by atoms with van der Waals surface area (Å²) in [5, 5.41) is 2.98. The number of nitrogens with zero attached hydrogens (tertiary/aromatic N) is 1. The molecule has 0 bridgehead atoms. The monoisotopic (exact) mass is 410 g/mol. The number of hydrogen-bond donors (Lipinski definition) is 1. The van der Waals surface area contributed by atoms with Gasteiger partial charge in [-0.05, 0) is 48.9 Å². The number of benzene rings is 2. The third-order valence-electron chi connectivity index (χ3n) is 5.12. The number of nitrogens with one attached hydrogen (secondary N) is 1. The number of carbonyl (C=O) groups excluding carboxylic acids is 2. The molecule has 2 aromatic rings. The summed E-state index contributed by atoms with van der Waals surface area (Å²) in [6, 6.07) is 15.0. The Hall–Kier alpha value is -2.82. The van der Waals surface area contributed by atoms with E-state index in [0.29, 0.717) is 31.2 Å². The molecule has 0 aliphatic rings. The zero-order chi connectivity index (χ0) is 22.1. The highest BCUT2D eigenvalue weighted by atomic mass is 16.5. The molecule has 0 heterocycles. The van der Waals surface area contributed by atoms with E-state index in [2.05, 4.69) is 5.32 Å². The van der Waals surface area contributed by atoms with Crippen molar-refractivity contribution in [3.05, 3.63) is 65.2 Å². The van der Waals surface area contributed by atoms with Gasteiger partial charge in [0.2, 0.25) is 5.91 Å². The number of amides is 2. The molecule has 0 unspecified atom stereocenters. The third-order valence-corrected chi connectivity index (χ3v) is 5.12. The summed E-state index contributed by atoms with van der Waals surface area (Å²) in [5.41, 5.74) is 3.09. The van der Waals surface area contributed by atoms with Crippen LogP contribution in [0.3, 0.4) is 0 Å². The van der Waals surface area contributed by atoms with Gasteiger partial charge in [0.1, 0.15) is 11.8 Å². The maximum absolute atomic E-state index is 13.2. The smallest absolute Gasteiger partial charge is 0.261 e. The fourth-order valence-electron chi connectivity index (χ4n) is 3.25. The van der Waals surface area contributed by atoms with E-state index in [9.17, 15) is 9.59 Å². The van der Waals surface area contributed by atoms with Crippen molar-refractivity contribution in [3.63, 3.8) is 0 Å². The molecule has 0 aromatic heterocycles. The van der Waals surface area contributed by atoms with E-state index in [-0.39, 0.29) is 18.4 Å². The van der Waals surface area contributed by atoms with Gasteiger partial charge in [-0.1, -0.05) is 63.2 Å². The predicted octanol–water partition coefficient (Wildman–Crippen LogP) is 4.26. The molecule has 0 radical (unpaired) electrons. The molecule has 1 atom stereocenters. The van der Waals surface area contributed by atoms with Crippen LogP contribution in [0.1, 0.15) is 43.9 Å². The van der Waals surface area contributed by atoms with Crippen LogP contribution in [0.25, 0.3) is 0 Å². The van der Waals surface area contributed by atoms with Crippen molar-refractivity contribution in [1.82, 2.24) is 10.2 Å². The number of rotatable bonds is 10. The first-order chi connectivity index (χ1) is 14.3. The van der Waals surface area contributed by atoms with Crippen LogP contribution in [-0.4, -0.2) is 35.9 Å². The summed E-state index contributed by atoms with van der Waals surface area (Å²) in [6.07, 6.45) is 0.534. The summed E-state index contributed by atoms with van der Waals surface area (Å²) in [4.78, 5) is 27.7. The van der Waals surface area contributed by atoms with E-state index < -0.39 is 6.04 Å². The lowest BCUT2D eigenvalue weighted by atomic mass is 10.1. The van der Waals surface area contributed by atoms with Crippen LogP contribution < -0.4 is 10.1 Å². The van der Waals surface area contributed by atoms with Gasteiger partial charge in [0.15, 0.2) is 6.61 Å². The lowest BCUT2D eigenvalue weighted by Gasteiger charge is -2.31. The summed E-state index contributed by atoms with van der Waals surface area (Å²) >= 11 is 0. The van der Waals surface area contributed by atoms with Gasteiger partial charge >= 0.3 is 0 Å². The van der Waals surface area contributed by atoms with E-state index in [1.54, 1.807) is 4.90 Å². The molecule has 0 aliphatic heterocycles. The van der Waals surface area contributed by atoms with E-state index in [4.69, 9.17) is 4.74 Å². The van der Waals surface area contributed by atoms with Crippen LogP contribution in [0.5, 0.6) is 5.75 Å². The second-order valence-corrected chi connectivity index (χ2v) is 8.07. The van der Waals surface area contributed by atoms with Crippen molar-refractivity contribution in [3.8, 4) is 5.75 Å². The summed E-state index contributed by atoms with van der Waals surface area (Å²) in [7, 11) is 0. The first kappa shape index (κ1) is 23.5. The number of aryl methyl sites for hydroxylation is 2. The molecular weight excluding hydrogens is 376 g/mol. The Kier molecular flexibility index (Phi) is 8.90. The highest BCUT2D eigenvalue weighted by Crippen LogP contribution is 2.18. The lowest BCUT2D eigenvalue weighted by Crippen LogP contribution is -2.50. The Labute approximate surface area is 180 Å². The summed E-state index contributed by atoms with van der Waals surface area (Å²) < 4.78 is 5.80. The van der Waals surface area contributed by atoms with Gasteiger partial charge in [-0.3, -0.25) is 9.59 Å². The quantitative estimate of drug-likeness (QED) is 0.637. The largest absolute Gasteiger partial charge is 0.484 e. The van der Waals surface area contributed by atoms with Gasteiger partial charge in [-0.2, -0.15) is 0 Å². The van der Waals surface area contributed by atoms with E-state index in [1.165, 1.54) is 0 Å². The molecule has 1 N–H and O–H groups in total. The molecule has 0 fully saturated rings. The molecule has 0 saturated heterocycles. The fourth-order valence-corrected chi connectivity index (χ4v) is 3.25. The van der Waals surface area contributed by atoms with E-state index in [1.807, 2.05) is 83.1 Å². The molecule has 2 rings (SSSR count). The summed E-state index contributed by atoms with van der Waals surface area (Å²) in [5.74, 6) is 0.701. The first-order valence-corrected chi connectivity index (χ1v) is 10.6. The second kappa shape index (κ2) is 11.4. The van der Waals surface area contributed by atoms with Gasteiger partial charge in [0.25, 0.3) is 5.91 Å². The minimum atomic E-state index is -0.545. The zero-order valence-corrected chi connectivity index (χ0v) is 18.8. The van der Waals surface area contributed by atoms with Crippen molar-refractivity contribution < 1.29 is 14.3 Å². The average molecular weight is 411 g/mol. The van der Waals surface area contributed by atoms with Crippen LogP contribution >= 0.6 is 0 Å². The Morgan fingerprint density at radius 3 is 2.23 bits per heavy atom. The maximum atomic E-state index is 13.2. The topological polar surface area (TPSA) is 58.6 Å². The van der Waals surface area contributed by atoms with Gasteiger partial charge in [0, 0.05) is 13.1 Å². The van der Waals surface area contributed by atoms with Crippen LogP contribution in [0, 0.1) is 19.8 Å². The van der Waals surface area contributed by atoms with Crippen molar-refractivity contribution in [2.75, 3.05) is 13.2 Å². The van der Waals surface area contributed by atoms with Gasteiger partial charge < -0.3 is 15.0 Å². The van der Waals surface area contributed by atoms with E-state index in [0.717, 1.165) is 16.7 Å². The molecule has 30 heavy (non-hydrogen) atoms. The SMILES string of the molecule is CC[C@@H](C(=O)NCC(C)C)N(Cc1ccccc1C)C(=O)COc1ccccc1C. The van der Waals surface area contributed by atoms with Gasteiger partial charge in [0.05, 0.1) is 0 Å². The fraction of sp³-hybridized carbons (Fsp3) is 0.440. The Balaban J connectivity index is 2.22. The van der Waals surface area contributed by atoms with Crippen molar-refractivity contribution >= 4 is 11.8 Å². The molecule has 5 heteroatoms. The van der Waals surface area contributed by atoms with Crippen LogP contribution in [0.4, 0.5) is 0 Å². The highest BCUT2D eigenvalue weighted by molar-refractivity contribution is 5.88. The molecule has 2 amide bonds. The van der Waals surface area contributed by atoms with Crippen LogP contribution in [0.15, 0.2) is 48.5 Å². The van der Waals surface area contributed by atoms with Gasteiger partial charge in [-0.15, -0.1) is 0 Å². The van der Waals surface area contributed by atoms with Crippen LogP contribution in [0.2, 0.25) is 0 Å². The molecule has 2 aromatic carbocycles. The van der Waals surface area contributed by atoms with Gasteiger partial charge in [-0.25, -0.2) is 0 Å². The standard InChI is InChI=1S/C25H34N2O3/c1-6-22(25(29)26-15-18(2)3)27(16-21-13-9-7-11-19(21)4)24(28)17-30-23-14-10-8-12-20(23)5/h7-14,18,22H,6,15-17H2,1-5H3,(H,26,29)/t22-/m0/s1. The number of para-hydroxylation sites is 1. The third kappa shape index (κ3) is 6.61.